The SMILES string of the molecule is C1=CCC(c2ccc(N(c3ccc(-n4c5ccccc5c5ccccc54)cc3)c3ccc4c5ccccc5n(-c5ccc6c(ccc7ccccc76)c5)c4c3)cc2)C=C1. The Labute approximate surface area is 342 Å². The zero-order valence-electron chi connectivity index (χ0n) is 32.4. The van der Waals surface area contributed by atoms with Gasteiger partial charge in [0.15, 0.2) is 0 Å². The molecule has 3 nitrogen and oxygen atoms in total. The fraction of sp³-hybridized carbons (Fsp3) is 0.0357. The Hall–Kier alpha value is -7.62. The van der Waals surface area contributed by atoms with E-state index in [0.29, 0.717) is 5.92 Å². The van der Waals surface area contributed by atoms with Crippen LogP contribution in [0.4, 0.5) is 17.1 Å². The van der Waals surface area contributed by atoms with Gasteiger partial charge in [-0.2, -0.15) is 0 Å². The Morgan fingerprint density at radius 1 is 0.373 bits per heavy atom. The molecule has 0 aliphatic heterocycles. The summed E-state index contributed by atoms with van der Waals surface area (Å²) in [6.45, 7) is 0. The van der Waals surface area contributed by atoms with E-state index in [2.05, 4.69) is 232 Å². The number of hydrogen-bond acceptors (Lipinski definition) is 1. The lowest BCUT2D eigenvalue weighted by atomic mass is 9.92. The van der Waals surface area contributed by atoms with Gasteiger partial charge in [-0.3, -0.25) is 0 Å². The summed E-state index contributed by atoms with van der Waals surface area (Å²) in [6.07, 6.45) is 9.90. The maximum Gasteiger partial charge on any atom is 0.0561 e. The molecular weight excluding hydrogens is 715 g/mol. The molecule has 278 valence electrons. The van der Waals surface area contributed by atoms with Gasteiger partial charge < -0.3 is 14.0 Å². The number of para-hydroxylation sites is 3. The second kappa shape index (κ2) is 13.5. The first-order valence-corrected chi connectivity index (χ1v) is 20.5. The summed E-state index contributed by atoms with van der Waals surface area (Å²) in [7, 11) is 0. The van der Waals surface area contributed by atoms with Crippen LogP contribution in [0.25, 0.3) is 76.5 Å². The van der Waals surface area contributed by atoms with Crippen LogP contribution in [0.1, 0.15) is 17.9 Å². The van der Waals surface area contributed by atoms with Gasteiger partial charge in [0.1, 0.15) is 0 Å². The molecule has 1 aliphatic rings. The third-order valence-corrected chi connectivity index (χ3v) is 12.4. The minimum absolute atomic E-state index is 0.389. The predicted octanol–water partition coefficient (Wildman–Crippen LogP) is 15.3. The van der Waals surface area contributed by atoms with Gasteiger partial charge in [0, 0.05) is 55.9 Å². The smallest absolute Gasteiger partial charge is 0.0561 e. The summed E-state index contributed by atoms with van der Waals surface area (Å²) in [4.78, 5) is 2.41. The van der Waals surface area contributed by atoms with Gasteiger partial charge in [0.25, 0.3) is 0 Å². The molecule has 1 unspecified atom stereocenters. The van der Waals surface area contributed by atoms with E-state index in [-0.39, 0.29) is 0 Å². The van der Waals surface area contributed by atoms with Gasteiger partial charge in [0.05, 0.1) is 22.1 Å². The van der Waals surface area contributed by atoms with E-state index in [4.69, 9.17) is 0 Å². The molecule has 3 heteroatoms. The van der Waals surface area contributed by atoms with E-state index >= 15 is 0 Å². The van der Waals surface area contributed by atoms with E-state index in [1.165, 1.54) is 70.7 Å². The summed E-state index contributed by atoms with van der Waals surface area (Å²) in [5.41, 5.74) is 11.7. The van der Waals surface area contributed by atoms with Crippen molar-refractivity contribution in [2.24, 2.45) is 0 Å². The summed E-state index contributed by atoms with van der Waals surface area (Å²) in [5, 5.41) is 10.1. The van der Waals surface area contributed by atoms with Crippen LogP contribution in [0.3, 0.4) is 0 Å². The molecule has 0 amide bonds. The minimum Gasteiger partial charge on any atom is -0.310 e. The van der Waals surface area contributed by atoms with Crippen LogP contribution in [-0.4, -0.2) is 9.13 Å². The molecule has 1 atom stereocenters. The molecular formula is C56H39N3. The van der Waals surface area contributed by atoms with Crippen LogP contribution in [-0.2, 0) is 0 Å². The van der Waals surface area contributed by atoms with Crippen molar-refractivity contribution >= 4 is 82.2 Å². The second-order valence-electron chi connectivity index (χ2n) is 15.7. The Morgan fingerprint density at radius 2 is 0.881 bits per heavy atom. The lowest BCUT2D eigenvalue weighted by Gasteiger charge is -2.27. The van der Waals surface area contributed by atoms with Gasteiger partial charge in [-0.15, -0.1) is 0 Å². The first-order valence-electron chi connectivity index (χ1n) is 20.5. The number of hydrogen-bond donors (Lipinski definition) is 0. The molecule has 0 spiro atoms. The molecule has 11 aromatic rings. The largest absolute Gasteiger partial charge is 0.310 e. The summed E-state index contributed by atoms with van der Waals surface area (Å²) in [6, 6.07) is 71.5. The zero-order valence-corrected chi connectivity index (χ0v) is 32.4. The molecule has 0 N–H and O–H groups in total. The Kier molecular flexibility index (Phi) is 7.67. The first kappa shape index (κ1) is 33.5. The summed E-state index contributed by atoms with van der Waals surface area (Å²) >= 11 is 0. The van der Waals surface area contributed by atoms with E-state index in [0.717, 1.165) is 34.9 Å². The molecule has 0 saturated carbocycles. The van der Waals surface area contributed by atoms with Crippen molar-refractivity contribution in [1.29, 1.82) is 0 Å². The zero-order chi connectivity index (χ0) is 38.9. The van der Waals surface area contributed by atoms with Crippen molar-refractivity contribution in [2.75, 3.05) is 4.90 Å². The molecule has 1 aliphatic carbocycles. The van der Waals surface area contributed by atoms with Crippen molar-refractivity contribution in [2.45, 2.75) is 12.3 Å². The minimum atomic E-state index is 0.389. The van der Waals surface area contributed by atoms with Gasteiger partial charge in [-0.05, 0) is 112 Å². The number of aromatic nitrogens is 2. The van der Waals surface area contributed by atoms with Gasteiger partial charge in [0.2, 0.25) is 0 Å². The monoisotopic (exact) mass is 753 g/mol. The van der Waals surface area contributed by atoms with E-state index < -0.39 is 0 Å². The Balaban J connectivity index is 1.03. The summed E-state index contributed by atoms with van der Waals surface area (Å²) < 4.78 is 4.83. The average molecular weight is 754 g/mol. The average Bonchev–Trinajstić information content (AvgIpc) is 3.82. The van der Waals surface area contributed by atoms with Crippen LogP contribution >= 0.6 is 0 Å². The first-order chi connectivity index (χ1) is 29.3. The highest BCUT2D eigenvalue weighted by atomic mass is 15.1. The number of rotatable bonds is 6. The highest BCUT2D eigenvalue weighted by molar-refractivity contribution is 6.12. The lowest BCUT2D eigenvalue weighted by Crippen LogP contribution is -2.10. The third-order valence-electron chi connectivity index (χ3n) is 12.4. The normalized spacial score (nSPS) is 14.1. The van der Waals surface area contributed by atoms with Crippen LogP contribution in [0.2, 0.25) is 0 Å². The van der Waals surface area contributed by atoms with Crippen molar-refractivity contribution in [3.8, 4) is 11.4 Å². The number of fused-ring (bicyclic) bond motifs is 9. The Morgan fingerprint density at radius 3 is 1.54 bits per heavy atom. The van der Waals surface area contributed by atoms with E-state index in [1.54, 1.807) is 0 Å². The molecule has 0 saturated heterocycles. The van der Waals surface area contributed by atoms with Crippen LogP contribution < -0.4 is 4.90 Å². The van der Waals surface area contributed by atoms with E-state index in [9.17, 15) is 0 Å². The van der Waals surface area contributed by atoms with Crippen LogP contribution in [0.5, 0.6) is 0 Å². The fourth-order valence-corrected chi connectivity index (χ4v) is 9.61. The van der Waals surface area contributed by atoms with Gasteiger partial charge in [-0.25, -0.2) is 0 Å². The molecule has 2 heterocycles. The van der Waals surface area contributed by atoms with E-state index in [1.807, 2.05) is 0 Å². The predicted molar refractivity (Wildman–Crippen MR) is 250 cm³/mol. The molecule has 0 fully saturated rings. The standard InChI is InChI=1S/C56H39N3/c1-2-12-38(13-3-1)39-24-26-42(27-25-39)57(43-28-30-44(31-29-43)58-53-19-9-6-16-49(53)50-17-7-10-20-54(50)58)46-33-35-52-51-18-8-11-21-55(51)59(56(52)37-46)45-32-34-48-41(36-45)23-22-40-14-4-5-15-47(40)48/h1-12,14-38H,13H2. The topological polar surface area (TPSA) is 13.1 Å². The maximum atomic E-state index is 2.44. The van der Waals surface area contributed by atoms with Gasteiger partial charge >= 0.3 is 0 Å². The Bertz CT molecular complexity index is 3420. The molecule has 0 radical (unpaired) electrons. The quantitative estimate of drug-likeness (QED) is 0.154. The van der Waals surface area contributed by atoms with Crippen molar-refractivity contribution < 1.29 is 0 Å². The molecule has 2 aromatic heterocycles. The van der Waals surface area contributed by atoms with Crippen molar-refractivity contribution in [1.82, 2.24) is 9.13 Å². The fourth-order valence-electron chi connectivity index (χ4n) is 9.61. The lowest BCUT2D eigenvalue weighted by molar-refractivity contribution is 0.854. The highest BCUT2D eigenvalue weighted by Gasteiger charge is 2.20. The van der Waals surface area contributed by atoms with Crippen molar-refractivity contribution in [3.05, 3.63) is 224 Å². The number of benzene rings is 9. The van der Waals surface area contributed by atoms with Crippen molar-refractivity contribution in [3.63, 3.8) is 0 Å². The maximum absolute atomic E-state index is 2.44. The number of allylic oxidation sites excluding steroid dienone is 4. The molecule has 0 bridgehead atoms. The highest BCUT2D eigenvalue weighted by Crippen LogP contribution is 2.42. The van der Waals surface area contributed by atoms with Crippen LogP contribution in [0.15, 0.2) is 218 Å². The second-order valence-corrected chi connectivity index (χ2v) is 15.7. The van der Waals surface area contributed by atoms with Gasteiger partial charge in [-0.1, -0.05) is 140 Å². The molecule has 59 heavy (non-hydrogen) atoms. The third kappa shape index (κ3) is 5.43. The summed E-state index contributed by atoms with van der Waals surface area (Å²) in [5.74, 6) is 0.389. The molecule has 12 rings (SSSR count). The molecule has 9 aromatic carbocycles. The number of nitrogens with zero attached hydrogens (tertiary/aromatic N) is 3. The number of anilines is 3. The van der Waals surface area contributed by atoms with Crippen LogP contribution in [0, 0.1) is 0 Å².